The number of likely N-dealkylation sites (tertiary alicyclic amines) is 1. The molecular formula is C20H24N2O3. The van der Waals surface area contributed by atoms with Crippen LogP contribution in [-0.2, 0) is 0 Å². The summed E-state index contributed by atoms with van der Waals surface area (Å²) in [4.78, 5) is 5.50. The highest BCUT2D eigenvalue weighted by Crippen LogP contribution is 2.28. The maximum Gasteiger partial charge on any atom is 0.133 e. The molecule has 4 rings (SSSR count). The Labute approximate surface area is 147 Å². The van der Waals surface area contributed by atoms with E-state index in [0.29, 0.717) is 12.3 Å². The minimum atomic E-state index is -0.570. The summed E-state index contributed by atoms with van der Waals surface area (Å²) < 4.78 is 11.8. The second-order valence-corrected chi connectivity index (χ2v) is 6.78. The number of hydrogen-bond acceptors (Lipinski definition) is 4. The van der Waals surface area contributed by atoms with Crippen LogP contribution in [0.4, 0.5) is 0 Å². The molecule has 1 unspecified atom stereocenters. The molecule has 132 valence electrons. The first-order valence-corrected chi connectivity index (χ1v) is 8.88. The van der Waals surface area contributed by atoms with Crippen LogP contribution in [0.3, 0.4) is 0 Å². The number of hydrogen-bond donors (Lipinski definition) is 2. The van der Waals surface area contributed by atoms with Crippen LogP contribution in [0.15, 0.2) is 47.0 Å². The summed E-state index contributed by atoms with van der Waals surface area (Å²) in [5.74, 6) is 2.43. The molecule has 5 heteroatoms. The van der Waals surface area contributed by atoms with Crippen LogP contribution < -0.4 is 4.74 Å². The first-order valence-electron chi connectivity index (χ1n) is 8.88. The summed E-state index contributed by atoms with van der Waals surface area (Å²) >= 11 is 0. The number of benzene rings is 1. The fourth-order valence-electron chi connectivity index (χ4n) is 3.52. The molecule has 1 aliphatic heterocycles. The highest BCUT2D eigenvalue weighted by atomic mass is 16.5. The Morgan fingerprint density at radius 3 is 2.84 bits per heavy atom. The van der Waals surface area contributed by atoms with Gasteiger partial charge in [-0.15, -0.1) is 0 Å². The molecule has 1 atom stereocenters. The van der Waals surface area contributed by atoms with Crippen LogP contribution in [0.2, 0.25) is 0 Å². The number of piperidine rings is 1. The van der Waals surface area contributed by atoms with Gasteiger partial charge in [0.15, 0.2) is 0 Å². The van der Waals surface area contributed by atoms with Gasteiger partial charge in [0.2, 0.25) is 0 Å². The fourth-order valence-corrected chi connectivity index (χ4v) is 3.52. The van der Waals surface area contributed by atoms with Crippen molar-refractivity contribution in [3.05, 3.63) is 54.1 Å². The van der Waals surface area contributed by atoms with Crippen LogP contribution in [0.25, 0.3) is 10.9 Å². The predicted molar refractivity (Wildman–Crippen MR) is 96.8 cm³/mol. The highest BCUT2D eigenvalue weighted by molar-refractivity contribution is 5.85. The molecule has 1 aromatic carbocycles. The lowest BCUT2D eigenvalue weighted by atomic mass is 10.1. The Morgan fingerprint density at radius 2 is 2.08 bits per heavy atom. The van der Waals surface area contributed by atoms with Crippen LogP contribution >= 0.6 is 0 Å². The second kappa shape index (κ2) is 6.94. The number of H-pyrrole nitrogens is 1. The van der Waals surface area contributed by atoms with Crippen molar-refractivity contribution in [2.24, 2.45) is 0 Å². The molecule has 25 heavy (non-hydrogen) atoms. The Balaban J connectivity index is 1.32. The molecular weight excluding hydrogens is 316 g/mol. The number of aromatic amines is 1. The van der Waals surface area contributed by atoms with Gasteiger partial charge in [0.1, 0.15) is 29.5 Å². The molecule has 0 bridgehead atoms. The Hall–Kier alpha value is -2.24. The number of aromatic nitrogens is 1. The molecule has 3 aromatic rings. The summed E-state index contributed by atoms with van der Waals surface area (Å²) in [6.45, 7) is 4.34. The lowest BCUT2D eigenvalue weighted by molar-refractivity contribution is 0.0529. The number of aliphatic hydroxyl groups excluding tert-OH is 1. The molecule has 0 saturated carbocycles. The Kier molecular flexibility index (Phi) is 4.51. The van der Waals surface area contributed by atoms with E-state index in [2.05, 4.69) is 22.0 Å². The molecule has 1 saturated heterocycles. The summed E-state index contributed by atoms with van der Waals surface area (Å²) in [6.07, 6.45) is 3.52. The van der Waals surface area contributed by atoms with E-state index < -0.39 is 6.10 Å². The third-order valence-corrected chi connectivity index (χ3v) is 4.90. The monoisotopic (exact) mass is 340 g/mol. The van der Waals surface area contributed by atoms with E-state index in [4.69, 9.17) is 9.15 Å². The lowest BCUT2D eigenvalue weighted by Gasteiger charge is -2.33. The number of nitrogens with zero attached hydrogens (tertiary/aromatic N) is 1. The summed E-state index contributed by atoms with van der Waals surface area (Å²) in [7, 11) is 0. The zero-order valence-corrected chi connectivity index (χ0v) is 14.4. The largest absolute Gasteiger partial charge is 0.490 e. The normalized spacial score (nSPS) is 17.8. The molecule has 0 aliphatic carbocycles. The van der Waals surface area contributed by atoms with E-state index in [-0.39, 0.29) is 6.10 Å². The van der Waals surface area contributed by atoms with Crippen molar-refractivity contribution < 1.29 is 14.3 Å². The van der Waals surface area contributed by atoms with Gasteiger partial charge in [-0.05, 0) is 50.1 Å². The average molecular weight is 340 g/mol. The van der Waals surface area contributed by atoms with Crippen molar-refractivity contribution in [3.8, 4) is 5.75 Å². The van der Waals surface area contributed by atoms with Gasteiger partial charge < -0.3 is 24.1 Å². The Morgan fingerprint density at radius 1 is 1.24 bits per heavy atom. The molecule has 0 amide bonds. The van der Waals surface area contributed by atoms with Gasteiger partial charge in [0.25, 0.3) is 0 Å². The topological polar surface area (TPSA) is 61.6 Å². The third-order valence-electron chi connectivity index (χ3n) is 4.90. The number of nitrogens with one attached hydrogen (secondary N) is 1. The molecule has 5 nitrogen and oxygen atoms in total. The van der Waals surface area contributed by atoms with Crippen LogP contribution in [0.5, 0.6) is 5.75 Å². The number of rotatable bonds is 5. The van der Waals surface area contributed by atoms with E-state index in [1.807, 2.05) is 37.4 Å². The number of aryl methyl sites for hydroxylation is 1. The smallest absolute Gasteiger partial charge is 0.133 e. The summed E-state index contributed by atoms with van der Waals surface area (Å²) in [5, 5.41) is 11.4. The lowest BCUT2D eigenvalue weighted by Crippen LogP contribution is -2.40. The van der Waals surface area contributed by atoms with E-state index in [1.54, 1.807) is 0 Å². The molecule has 2 aromatic heterocycles. The Bertz CT molecular complexity index is 830. The second-order valence-electron chi connectivity index (χ2n) is 6.78. The van der Waals surface area contributed by atoms with Gasteiger partial charge in [-0.25, -0.2) is 0 Å². The molecule has 1 fully saturated rings. The molecule has 3 heterocycles. The first-order chi connectivity index (χ1) is 12.2. The molecule has 1 aliphatic rings. The fraction of sp³-hybridized carbons (Fsp3) is 0.400. The van der Waals surface area contributed by atoms with E-state index >= 15 is 0 Å². The first kappa shape index (κ1) is 16.2. The van der Waals surface area contributed by atoms with Crippen LogP contribution in [0, 0.1) is 6.92 Å². The van der Waals surface area contributed by atoms with Gasteiger partial charge in [0, 0.05) is 36.7 Å². The van der Waals surface area contributed by atoms with Gasteiger partial charge in [-0.3, -0.25) is 0 Å². The van der Waals surface area contributed by atoms with Crippen molar-refractivity contribution in [2.75, 3.05) is 19.6 Å². The molecule has 0 radical (unpaired) electrons. The summed E-state index contributed by atoms with van der Waals surface area (Å²) in [5.41, 5.74) is 1.10. The van der Waals surface area contributed by atoms with Crippen molar-refractivity contribution in [3.63, 3.8) is 0 Å². The number of β-amino-alcohol motifs (C(OH)–C–C–N with tert-alkyl or cyclic N) is 1. The van der Waals surface area contributed by atoms with Crippen LogP contribution in [0.1, 0.15) is 30.5 Å². The number of ether oxygens (including phenoxy) is 1. The maximum absolute atomic E-state index is 10.3. The maximum atomic E-state index is 10.3. The molecule has 0 spiro atoms. The minimum Gasteiger partial charge on any atom is -0.490 e. The standard InChI is InChI=1S/C20H24N2O3/c1-14-5-6-20(24-14)18(23)13-22-11-8-15(9-12-22)25-19-4-2-3-17-16(19)7-10-21-17/h2-7,10,15,18,21,23H,8-9,11-13H2,1H3. The average Bonchev–Trinajstić information content (AvgIpc) is 3.26. The van der Waals surface area contributed by atoms with Crippen molar-refractivity contribution >= 4 is 10.9 Å². The van der Waals surface area contributed by atoms with Gasteiger partial charge in [0.05, 0.1) is 0 Å². The molecule has 2 N–H and O–H groups in total. The van der Waals surface area contributed by atoms with Gasteiger partial charge in [-0.1, -0.05) is 6.07 Å². The van der Waals surface area contributed by atoms with E-state index in [0.717, 1.165) is 48.3 Å². The number of fused-ring (bicyclic) bond motifs is 1. The van der Waals surface area contributed by atoms with E-state index in [9.17, 15) is 5.11 Å². The minimum absolute atomic E-state index is 0.222. The quantitative estimate of drug-likeness (QED) is 0.744. The summed E-state index contributed by atoms with van der Waals surface area (Å²) in [6, 6.07) is 11.9. The van der Waals surface area contributed by atoms with Crippen molar-refractivity contribution in [2.45, 2.75) is 32.0 Å². The third kappa shape index (κ3) is 3.57. The zero-order valence-electron chi connectivity index (χ0n) is 14.4. The highest BCUT2D eigenvalue weighted by Gasteiger charge is 2.24. The van der Waals surface area contributed by atoms with Crippen molar-refractivity contribution in [1.29, 1.82) is 0 Å². The van der Waals surface area contributed by atoms with Gasteiger partial charge in [-0.2, -0.15) is 0 Å². The predicted octanol–water partition coefficient (Wildman–Crippen LogP) is 3.65. The number of aliphatic hydroxyl groups is 1. The van der Waals surface area contributed by atoms with E-state index in [1.165, 1.54) is 0 Å². The SMILES string of the molecule is Cc1ccc(C(O)CN2CCC(Oc3cccc4[nH]ccc34)CC2)o1. The zero-order chi connectivity index (χ0) is 17.2. The van der Waals surface area contributed by atoms with Gasteiger partial charge >= 0.3 is 0 Å². The van der Waals surface area contributed by atoms with Crippen molar-refractivity contribution in [1.82, 2.24) is 9.88 Å². The van der Waals surface area contributed by atoms with Crippen LogP contribution in [-0.4, -0.2) is 40.7 Å². The number of furan rings is 1.